The number of hydrogen-bond acceptors (Lipinski definition) is 4. The summed E-state index contributed by atoms with van der Waals surface area (Å²) < 4.78 is 0. The van der Waals surface area contributed by atoms with Crippen LogP contribution in [-0.2, 0) is 4.79 Å². The first-order valence-electron chi connectivity index (χ1n) is 2.23. The van der Waals surface area contributed by atoms with Gasteiger partial charge in [0, 0.05) is 16.0 Å². The van der Waals surface area contributed by atoms with Crippen LogP contribution >= 0.6 is 12.6 Å². The fourth-order valence-corrected chi connectivity index (χ4v) is 0.409. The van der Waals surface area contributed by atoms with E-state index in [9.17, 15) is 4.79 Å². The molecule has 9 heavy (non-hydrogen) atoms. The number of nitrogens with zero attached hydrogens (tertiary/aromatic N) is 2. The normalized spacial score (nSPS) is 10.7. The molecule has 0 bridgehead atoms. The van der Waals surface area contributed by atoms with Crippen molar-refractivity contribution < 1.29 is 9.90 Å². The second-order valence-corrected chi connectivity index (χ2v) is 2.33. The lowest BCUT2D eigenvalue weighted by molar-refractivity contribution is -0.136. The Kier molecular flexibility index (Phi) is 8.92. The van der Waals surface area contributed by atoms with E-state index in [1.807, 2.05) is 0 Å². The third-order valence-electron chi connectivity index (χ3n) is 0.470. The molecule has 0 aliphatic heterocycles. The minimum absolute atomic E-state index is 0.0301. The second-order valence-electron chi connectivity index (χ2n) is 1.45. The summed E-state index contributed by atoms with van der Waals surface area (Å²) >= 11 is 3.86. The summed E-state index contributed by atoms with van der Waals surface area (Å²) in [6.45, 7) is 1.75. The van der Waals surface area contributed by atoms with Crippen LogP contribution in [0.15, 0.2) is 0 Å². The summed E-state index contributed by atoms with van der Waals surface area (Å²) in [7, 11) is 0. The molecule has 0 saturated heterocycles. The van der Waals surface area contributed by atoms with Gasteiger partial charge in [-0.2, -0.15) is 12.6 Å². The van der Waals surface area contributed by atoms with Crippen molar-refractivity contribution in [1.29, 1.82) is 10.8 Å². The van der Waals surface area contributed by atoms with Gasteiger partial charge in [0.25, 0.3) is 0 Å². The van der Waals surface area contributed by atoms with Gasteiger partial charge in [-0.1, -0.05) is 6.92 Å². The van der Waals surface area contributed by atoms with E-state index in [4.69, 9.17) is 15.9 Å². The van der Waals surface area contributed by atoms with Crippen molar-refractivity contribution in [3.8, 4) is 0 Å². The molecule has 52 valence electrons. The molecular weight excluding hydrogens is 140 g/mol. The van der Waals surface area contributed by atoms with Gasteiger partial charge in [0.15, 0.2) is 0 Å². The maximum Gasteiger partial charge on any atom is 0.304 e. The van der Waals surface area contributed by atoms with Gasteiger partial charge in [0.05, 0.1) is 6.42 Å². The van der Waals surface area contributed by atoms with E-state index in [0.29, 0.717) is 0 Å². The number of hydrogen-bond donors (Lipinski definition) is 2. The third-order valence-corrected chi connectivity index (χ3v) is 0.653. The predicted octanol–water partition coefficient (Wildman–Crippen LogP) is 0.810. The van der Waals surface area contributed by atoms with Gasteiger partial charge >= 0.3 is 5.97 Å². The SMILES string of the molecule is CC(S)CC(=O)O.N#N. The molecule has 0 radical (unpaired) electrons. The molecule has 0 heterocycles. The van der Waals surface area contributed by atoms with E-state index in [1.165, 1.54) is 0 Å². The Balaban J connectivity index is 0. The zero-order chi connectivity index (χ0) is 7.86. The van der Waals surface area contributed by atoms with E-state index in [2.05, 4.69) is 12.6 Å². The number of carboxylic acids is 1. The monoisotopic (exact) mass is 148 g/mol. The predicted molar refractivity (Wildman–Crippen MR) is 34.2 cm³/mol. The van der Waals surface area contributed by atoms with Crippen molar-refractivity contribution in [2.24, 2.45) is 0 Å². The van der Waals surface area contributed by atoms with Crippen molar-refractivity contribution >= 4 is 18.6 Å². The van der Waals surface area contributed by atoms with Crippen LogP contribution in [0.4, 0.5) is 0 Å². The number of carboxylic acid groups (broad SMARTS) is 1. The highest BCUT2D eigenvalue weighted by Crippen LogP contribution is 1.96. The molecule has 0 aliphatic rings. The average molecular weight is 148 g/mol. The Hall–Kier alpha value is -0.760. The molecule has 0 aliphatic carbocycles. The standard InChI is InChI=1S/C4H8O2S.N2/c1-3(7)2-4(5)6;1-2/h3,7H,2H2,1H3,(H,5,6);. The highest BCUT2D eigenvalue weighted by Gasteiger charge is 1.99. The molecular formula is C4H8N2O2S. The molecule has 0 spiro atoms. The molecule has 0 saturated carbocycles. The summed E-state index contributed by atoms with van der Waals surface area (Å²) in [5.74, 6) is -0.789. The van der Waals surface area contributed by atoms with Gasteiger partial charge in [0.1, 0.15) is 0 Å². The van der Waals surface area contributed by atoms with Crippen molar-refractivity contribution in [3.05, 3.63) is 0 Å². The van der Waals surface area contributed by atoms with Gasteiger partial charge in [0.2, 0.25) is 0 Å². The summed E-state index contributed by atoms with van der Waals surface area (Å²) in [6, 6.07) is 0. The second kappa shape index (κ2) is 7.24. The summed E-state index contributed by atoms with van der Waals surface area (Å²) in [5, 5.41) is 20.0. The van der Waals surface area contributed by atoms with Crippen LogP contribution in [-0.4, -0.2) is 16.3 Å². The Morgan fingerprint density at radius 3 is 2.11 bits per heavy atom. The summed E-state index contributed by atoms with van der Waals surface area (Å²) in [6.07, 6.45) is 0.142. The van der Waals surface area contributed by atoms with Gasteiger partial charge in [-0.3, -0.25) is 4.79 Å². The summed E-state index contributed by atoms with van der Waals surface area (Å²) in [5.41, 5.74) is 0. The minimum Gasteiger partial charge on any atom is -0.481 e. The Labute approximate surface area is 58.7 Å². The number of thiol groups is 1. The fraction of sp³-hybridized carbons (Fsp3) is 0.750. The first-order chi connectivity index (χ1) is 4.13. The lowest BCUT2D eigenvalue weighted by Gasteiger charge is -1.93. The molecule has 0 aromatic carbocycles. The topological polar surface area (TPSA) is 84.9 Å². The smallest absolute Gasteiger partial charge is 0.304 e. The molecule has 1 atom stereocenters. The van der Waals surface area contributed by atoms with Crippen LogP contribution in [0.2, 0.25) is 0 Å². The third kappa shape index (κ3) is 18.9. The van der Waals surface area contributed by atoms with Crippen LogP contribution in [0, 0.1) is 10.8 Å². The Morgan fingerprint density at radius 2 is 2.11 bits per heavy atom. The van der Waals surface area contributed by atoms with Crippen LogP contribution in [0.25, 0.3) is 0 Å². The van der Waals surface area contributed by atoms with Crippen molar-refractivity contribution in [2.45, 2.75) is 18.6 Å². The zero-order valence-corrected chi connectivity index (χ0v) is 5.88. The van der Waals surface area contributed by atoms with Gasteiger partial charge in [-0.15, -0.1) is 0 Å². The van der Waals surface area contributed by atoms with E-state index in [-0.39, 0.29) is 11.7 Å². The van der Waals surface area contributed by atoms with Gasteiger partial charge in [-0.05, 0) is 0 Å². The molecule has 0 rings (SSSR count). The number of rotatable bonds is 2. The molecule has 0 amide bonds. The number of aliphatic carboxylic acids is 1. The van der Waals surface area contributed by atoms with Gasteiger partial charge in [-0.25, -0.2) is 0 Å². The maximum atomic E-state index is 9.76. The molecule has 5 heteroatoms. The zero-order valence-electron chi connectivity index (χ0n) is 4.98. The summed E-state index contributed by atoms with van der Waals surface area (Å²) in [4.78, 5) is 9.76. The number of carbonyl (C=O) groups is 1. The average Bonchev–Trinajstić information content (AvgIpc) is 1.68. The van der Waals surface area contributed by atoms with Gasteiger partial charge < -0.3 is 5.11 Å². The molecule has 0 aromatic rings. The van der Waals surface area contributed by atoms with Crippen LogP contribution in [0.5, 0.6) is 0 Å². The maximum absolute atomic E-state index is 9.76. The van der Waals surface area contributed by atoms with Crippen molar-refractivity contribution in [3.63, 3.8) is 0 Å². The highest BCUT2D eigenvalue weighted by atomic mass is 32.1. The fourth-order valence-electron chi connectivity index (χ4n) is 0.253. The first kappa shape index (κ1) is 11.1. The van der Waals surface area contributed by atoms with E-state index in [1.54, 1.807) is 6.92 Å². The lowest BCUT2D eigenvalue weighted by Crippen LogP contribution is -2.01. The quantitative estimate of drug-likeness (QED) is 0.448. The van der Waals surface area contributed by atoms with Crippen LogP contribution in [0.1, 0.15) is 13.3 Å². The molecule has 4 nitrogen and oxygen atoms in total. The van der Waals surface area contributed by atoms with Crippen molar-refractivity contribution in [2.75, 3.05) is 0 Å². The minimum atomic E-state index is -0.789. The molecule has 1 N–H and O–H groups in total. The molecule has 1 unspecified atom stereocenters. The molecule has 0 fully saturated rings. The Morgan fingerprint density at radius 1 is 1.78 bits per heavy atom. The van der Waals surface area contributed by atoms with Crippen molar-refractivity contribution in [1.82, 2.24) is 0 Å². The van der Waals surface area contributed by atoms with E-state index in [0.717, 1.165) is 0 Å². The van der Waals surface area contributed by atoms with E-state index >= 15 is 0 Å². The largest absolute Gasteiger partial charge is 0.481 e. The highest BCUT2D eigenvalue weighted by molar-refractivity contribution is 7.80. The van der Waals surface area contributed by atoms with Crippen LogP contribution < -0.4 is 0 Å². The van der Waals surface area contributed by atoms with Crippen LogP contribution in [0.3, 0.4) is 0 Å². The first-order valence-corrected chi connectivity index (χ1v) is 2.74. The lowest BCUT2D eigenvalue weighted by atomic mass is 10.3. The van der Waals surface area contributed by atoms with E-state index < -0.39 is 5.97 Å². The Bertz CT molecular complexity index is 102. The molecule has 0 aromatic heterocycles.